The van der Waals surface area contributed by atoms with Gasteiger partial charge >= 0.3 is 0 Å². The number of nitrogens with one attached hydrogen (secondary N) is 2. The Balaban J connectivity index is 1.77. The number of anilines is 1. The van der Waals surface area contributed by atoms with Crippen LogP contribution in [0.2, 0.25) is 0 Å². The number of carbonyl (C=O) groups is 1. The Labute approximate surface area is 172 Å². The molecular weight excluding hydrogens is 406 g/mol. The number of sulfone groups is 1. The molecule has 30 heavy (non-hydrogen) atoms. The number of benzene rings is 1. The van der Waals surface area contributed by atoms with Crippen molar-refractivity contribution in [3.05, 3.63) is 40.9 Å². The highest BCUT2D eigenvalue weighted by atomic mass is 32.2. The van der Waals surface area contributed by atoms with E-state index in [0.717, 1.165) is 19.1 Å². The first-order valence-electron chi connectivity index (χ1n) is 9.75. The Morgan fingerprint density at radius 2 is 1.97 bits per heavy atom. The second-order valence-corrected chi connectivity index (χ2v) is 10.1. The van der Waals surface area contributed by atoms with Crippen LogP contribution in [0.3, 0.4) is 0 Å². The van der Waals surface area contributed by atoms with Crippen molar-refractivity contribution in [3.8, 4) is 16.9 Å². The Hall–Kier alpha value is -3.07. The second-order valence-electron chi connectivity index (χ2n) is 8.12. The molecule has 9 heteroatoms. The zero-order valence-electron chi connectivity index (χ0n) is 16.6. The minimum Gasteiger partial charge on any atom is -0.478 e. The van der Waals surface area contributed by atoms with Gasteiger partial charge in [0.15, 0.2) is 21.7 Å². The van der Waals surface area contributed by atoms with Gasteiger partial charge in [-0.25, -0.2) is 8.42 Å². The van der Waals surface area contributed by atoms with E-state index in [1.54, 1.807) is 31.6 Å². The third-order valence-electron chi connectivity index (χ3n) is 5.73. The van der Waals surface area contributed by atoms with Gasteiger partial charge in [-0.05, 0) is 30.5 Å². The van der Waals surface area contributed by atoms with Gasteiger partial charge in [-0.2, -0.15) is 0 Å². The van der Waals surface area contributed by atoms with Gasteiger partial charge in [0.05, 0.1) is 10.6 Å². The average molecular weight is 427 g/mol. The maximum atomic E-state index is 12.6. The Kier molecular flexibility index (Phi) is 4.08. The second kappa shape index (κ2) is 6.46. The molecule has 2 aliphatic rings. The first-order chi connectivity index (χ1) is 14.2. The lowest BCUT2D eigenvalue weighted by atomic mass is 10.00. The largest absolute Gasteiger partial charge is 0.478 e. The van der Waals surface area contributed by atoms with E-state index in [9.17, 15) is 18.0 Å². The van der Waals surface area contributed by atoms with Crippen LogP contribution in [0.5, 0.6) is 5.75 Å². The normalized spacial score (nSPS) is 18.7. The van der Waals surface area contributed by atoms with E-state index in [1.807, 2.05) is 0 Å². The lowest BCUT2D eigenvalue weighted by Gasteiger charge is -2.28. The number of rotatable bonds is 4. The van der Waals surface area contributed by atoms with Gasteiger partial charge in [0.1, 0.15) is 5.52 Å². The molecule has 0 bridgehead atoms. The van der Waals surface area contributed by atoms with Crippen LogP contribution in [-0.2, 0) is 21.7 Å². The number of aryl methyl sites for hydroxylation is 1. The van der Waals surface area contributed by atoms with Crippen LogP contribution in [-0.4, -0.2) is 36.2 Å². The third-order valence-corrected chi connectivity index (χ3v) is 6.82. The number of amides is 1. The summed E-state index contributed by atoms with van der Waals surface area (Å²) in [5, 5.41) is 3.49. The molecule has 5 rings (SSSR count). The molecule has 1 aliphatic carbocycles. The van der Waals surface area contributed by atoms with E-state index in [2.05, 4.69) is 10.3 Å². The smallest absolute Gasteiger partial charge is 0.274 e. The first-order valence-corrected chi connectivity index (χ1v) is 11.6. The quantitative estimate of drug-likeness (QED) is 0.665. The summed E-state index contributed by atoms with van der Waals surface area (Å²) in [7, 11) is -1.91. The predicted octanol–water partition coefficient (Wildman–Crippen LogP) is 2.44. The van der Waals surface area contributed by atoms with E-state index in [4.69, 9.17) is 4.74 Å². The molecule has 8 nitrogen and oxygen atoms in total. The van der Waals surface area contributed by atoms with Crippen molar-refractivity contribution in [1.29, 1.82) is 0 Å². The highest BCUT2D eigenvalue weighted by Crippen LogP contribution is 2.45. The van der Waals surface area contributed by atoms with Crippen LogP contribution >= 0.6 is 0 Å². The summed E-state index contributed by atoms with van der Waals surface area (Å²) in [6.45, 7) is 0. The molecule has 1 aliphatic heterocycles. The summed E-state index contributed by atoms with van der Waals surface area (Å²) >= 11 is 0. The highest BCUT2D eigenvalue weighted by Gasteiger charge is 2.36. The maximum absolute atomic E-state index is 12.6. The fraction of sp³-hybridized carbons (Fsp3) is 0.333. The summed E-state index contributed by atoms with van der Waals surface area (Å²) in [4.78, 5) is 28.0. The minimum atomic E-state index is -3.55. The van der Waals surface area contributed by atoms with Crippen LogP contribution in [0.15, 0.2) is 40.3 Å². The molecule has 1 fully saturated rings. The number of aromatic amines is 1. The number of H-pyrrole nitrogens is 1. The van der Waals surface area contributed by atoms with Crippen LogP contribution in [0.1, 0.15) is 19.3 Å². The van der Waals surface area contributed by atoms with E-state index < -0.39 is 15.9 Å². The standard InChI is InChI=1S/C21H21N3O5S/c1-24-10-15(13-5-6-22-18(13)21(24)26)14-8-12(30(2,27)28)9-16-19(14)29-17(20(25)23-16)7-11-3-4-11/h5-6,8-11,17,22H,3-4,7H2,1-2H3,(H,23,25). The zero-order valence-corrected chi connectivity index (χ0v) is 17.4. The maximum Gasteiger partial charge on any atom is 0.274 e. The van der Waals surface area contributed by atoms with Gasteiger partial charge in [0.25, 0.3) is 11.5 Å². The highest BCUT2D eigenvalue weighted by molar-refractivity contribution is 7.90. The molecule has 156 valence electrons. The van der Waals surface area contributed by atoms with Crippen molar-refractivity contribution < 1.29 is 17.9 Å². The number of aromatic nitrogens is 2. The van der Waals surface area contributed by atoms with Gasteiger partial charge in [-0.15, -0.1) is 0 Å². The fourth-order valence-corrected chi connectivity index (χ4v) is 4.60. The van der Waals surface area contributed by atoms with E-state index in [1.165, 1.54) is 10.6 Å². The van der Waals surface area contributed by atoms with Crippen LogP contribution in [0.4, 0.5) is 5.69 Å². The molecular formula is C21H21N3O5S. The van der Waals surface area contributed by atoms with Crippen molar-refractivity contribution >= 4 is 32.3 Å². The fourth-order valence-electron chi connectivity index (χ4n) is 3.94. The van der Waals surface area contributed by atoms with Gasteiger partial charge in [0.2, 0.25) is 0 Å². The minimum absolute atomic E-state index is 0.0679. The number of fused-ring (bicyclic) bond motifs is 2. The third kappa shape index (κ3) is 3.09. The molecule has 3 heterocycles. The van der Waals surface area contributed by atoms with Gasteiger partial charge in [-0.1, -0.05) is 12.8 Å². The number of ether oxygens (including phenoxy) is 1. The van der Waals surface area contributed by atoms with Crippen molar-refractivity contribution in [2.24, 2.45) is 13.0 Å². The number of carbonyl (C=O) groups excluding carboxylic acids is 1. The number of hydrogen-bond donors (Lipinski definition) is 2. The van der Waals surface area contributed by atoms with E-state index >= 15 is 0 Å². The van der Waals surface area contributed by atoms with Crippen LogP contribution in [0.25, 0.3) is 22.0 Å². The van der Waals surface area contributed by atoms with E-state index in [0.29, 0.717) is 45.8 Å². The first kappa shape index (κ1) is 18.9. The lowest BCUT2D eigenvalue weighted by molar-refractivity contribution is -0.123. The lowest BCUT2D eigenvalue weighted by Crippen LogP contribution is -2.37. The number of nitrogens with zero attached hydrogens (tertiary/aromatic N) is 1. The van der Waals surface area contributed by atoms with Crippen molar-refractivity contribution in [2.75, 3.05) is 11.6 Å². The predicted molar refractivity (Wildman–Crippen MR) is 112 cm³/mol. The van der Waals surface area contributed by atoms with Gasteiger partial charge in [0, 0.05) is 42.2 Å². The van der Waals surface area contributed by atoms with Gasteiger partial charge in [-0.3, -0.25) is 9.59 Å². The molecule has 0 radical (unpaired) electrons. The molecule has 0 saturated heterocycles. The van der Waals surface area contributed by atoms with Crippen LogP contribution < -0.4 is 15.6 Å². The SMILES string of the molecule is Cn1cc(-c2cc(S(C)(=O)=O)cc3c2OC(CC2CC2)C(=O)N3)c2cc[nH]c2c1=O. The number of hydrogen-bond acceptors (Lipinski definition) is 5. The van der Waals surface area contributed by atoms with Crippen molar-refractivity contribution in [3.63, 3.8) is 0 Å². The molecule has 2 aromatic heterocycles. The Bertz CT molecular complexity index is 1370. The Morgan fingerprint density at radius 1 is 1.20 bits per heavy atom. The monoisotopic (exact) mass is 427 g/mol. The summed E-state index contributed by atoms with van der Waals surface area (Å²) in [6.07, 6.45) is 6.63. The Morgan fingerprint density at radius 3 is 2.67 bits per heavy atom. The molecule has 1 unspecified atom stereocenters. The van der Waals surface area contributed by atoms with Crippen LogP contribution in [0, 0.1) is 5.92 Å². The molecule has 1 atom stereocenters. The average Bonchev–Trinajstić information content (AvgIpc) is 3.36. The van der Waals surface area contributed by atoms with Gasteiger partial charge < -0.3 is 19.6 Å². The summed E-state index contributed by atoms with van der Waals surface area (Å²) in [5.41, 5.74) is 1.73. The number of pyridine rings is 1. The molecule has 1 amide bonds. The molecule has 1 saturated carbocycles. The molecule has 2 N–H and O–H groups in total. The molecule has 0 spiro atoms. The summed E-state index contributed by atoms with van der Waals surface area (Å²) < 4.78 is 32.2. The topological polar surface area (TPSA) is 110 Å². The summed E-state index contributed by atoms with van der Waals surface area (Å²) in [5.74, 6) is 0.641. The van der Waals surface area contributed by atoms with Crippen molar-refractivity contribution in [1.82, 2.24) is 9.55 Å². The summed E-state index contributed by atoms with van der Waals surface area (Å²) in [6, 6.07) is 4.75. The van der Waals surface area contributed by atoms with Crippen molar-refractivity contribution in [2.45, 2.75) is 30.3 Å². The molecule has 3 aromatic rings. The molecule has 1 aromatic carbocycles. The van der Waals surface area contributed by atoms with E-state index in [-0.39, 0.29) is 16.4 Å². The zero-order chi connectivity index (χ0) is 21.2.